The van der Waals surface area contributed by atoms with E-state index in [1.807, 2.05) is 0 Å². The van der Waals surface area contributed by atoms with Crippen molar-refractivity contribution in [3.8, 4) is 0 Å². The van der Waals surface area contributed by atoms with E-state index < -0.39 is 18.8 Å². The molecule has 0 aliphatic carbocycles. The zero-order chi connectivity index (χ0) is 9.14. The lowest BCUT2D eigenvalue weighted by Crippen LogP contribution is -2.21. The standard InChI is InChI=1S/C8H12O4/c1-5-2-3-7(12-5)8(11)6(10)4-9/h2-3,6,8-11H,4H2,1H3. The minimum Gasteiger partial charge on any atom is -0.464 e. The summed E-state index contributed by atoms with van der Waals surface area (Å²) in [6.07, 6.45) is -2.33. The highest BCUT2D eigenvalue weighted by Crippen LogP contribution is 2.18. The number of aliphatic hydroxyl groups is 3. The number of rotatable bonds is 3. The van der Waals surface area contributed by atoms with Gasteiger partial charge in [-0.25, -0.2) is 0 Å². The molecule has 68 valence electrons. The normalized spacial score (nSPS) is 16.0. The SMILES string of the molecule is Cc1ccc(C(O)C(O)CO)o1. The molecule has 2 atom stereocenters. The fourth-order valence-corrected chi connectivity index (χ4v) is 0.902. The summed E-state index contributed by atoms with van der Waals surface area (Å²) >= 11 is 0. The van der Waals surface area contributed by atoms with Gasteiger partial charge in [-0.1, -0.05) is 0 Å². The molecule has 1 rings (SSSR count). The lowest BCUT2D eigenvalue weighted by Gasteiger charge is -2.12. The van der Waals surface area contributed by atoms with Crippen LogP contribution in [0, 0.1) is 6.92 Å². The fraction of sp³-hybridized carbons (Fsp3) is 0.500. The van der Waals surface area contributed by atoms with Crippen LogP contribution in [0.2, 0.25) is 0 Å². The van der Waals surface area contributed by atoms with E-state index in [1.54, 1.807) is 19.1 Å². The second kappa shape index (κ2) is 3.71. The molecule has 3 N–H and O–H groups in total. The third-order valence-electron chi connectivity index (χ3n) is 1.60. The summed E-state index contributed by atoms with van der Waals surface area (Å²) in [6, 6.07) is 3.25. The second-order valence-electron chi connectivity index (χ2n) is 2.64. The van der Waals surface area contributed by atoms with Crippen LogP contribution in [0.3, 0.4) is 0 Å². The van der Waals surface area contributed by atoms with E-state index in [0.717, 1.165) is 0 Å². The van der Waals surface area contributed by atoms with Crippen LogP contribution in [0.1, 0.15) is 17.6 Å². The molecule has 1 aromatic heterocycles. The van der Waals surface area contributed by atoms with Crippen LogP contribution in [0.4, 0.5) is 0 Å². The van der Waals surface area contributed by atoms with E-state index in [0.29, 0.717) is 5.76 Å². The van der Waals surface area contributed by atoms with Crippen LogP contribution in [-0.4, -0.2) is 28.0 Å². The number of aryl methyl sites for hydroxylation is 1. The third kappa shape index (κ3) is 1.85. The van der Waals surface area contributed by atoms with E-state index in [4.69, 9.17) is 14.6 Å². The first-order chi connectivity index (χ1) is 5.65. The lowest BCUT2D eigenvalue weighted by molar-refractivity contribution is -0.0254. The maximum atomic E-state index is 9.30. The largest absolute Gasteiger partial charge is 0.464 e. The molecule has 0 radical (unpaired) electrons. The number of furan rings is 1. The minimum atomic E-state index is -1.18. The molecule has 0 aliphatic rings. The molecule has 4 heteroatoms. The maximum Gasteiger partial charge on any atom is 0.140 e. The van der Waals surface area contributed by atoms with Crippen molar-refractivity contribution in [3.63, 3.8) is 0 Å². The summed E-state index contributed by atoms with van der Waals surface area (Å²) in [4.78, 5) is 0. The Morgan fingerprint density at radius 3 is 2.50 bits per heavy atom. The molecular weight excluding hydrogens is 160 g/mol. The van der Waals surface area contributed by atoms with Crippen molar-refractivity contribution in [2.45, 2.75) is 19.1 Å². The highest BCUT2D eigenvalue weighted by molar-refractivity contribution is 5.09. The molecule has 4 nitrogen and oxygen atoms in total. The average molecular weight is 172 g/mol. The van der Waals surface area contributed by atoms with Gasteiger partial charge in [0, 0.05) is 0 Å². The van der Waals surface area contributed by atoms with Gasteiger partial charge in [0.25, 0.3) is 0 Å². The Bertz CT molecular complexity index is 243. The Hall–Kier alpha value is -0.840. The van der Waals surface area contributed by atoms with Crippen molar-refractivity contribution in [3.05, 3.63) is 23.7 Å². The highest BCUT2D eigenvalue weighted by Gasteiger charge is 2.19. The first-order valence-electron chi connectivity index (χ1n) is 3.68. The average Bonchev–Trinajstić information content (AvgIpc) is 2.49. The predicted molar refractivity (Wildman–Crippen MR) is 41.5 cm³/mol. The molecule has 0 saturated carbocycles. The Labute approximate surface area is 70.1 Å². The van der Waals surface area contributed by atoms with E-state index in [2.05, 4.69) is 0 Å². The van der Waals surface area contributed by atoms with Gasteiger partial charge in [-0.2, -0.15) is 0 Å². The first kappa shape index (κ1) is 9.25. The molecule has 0 fully saturated rings. The smallest absolute Gasteiger partial charge is 0.140 e. The summed E-state index contributed by atoms with van der Waals surface area (Å²) in [7, 11) is 0. The van der Waals surface area contributed by atoms with Crippen LogP contribution >= 0.6 is 0 Å². The summed E-state index contributed by atoms with van der Waals surface area (Å²) in [5.41, 5.74) is 0. The van der Waals surface area contributed by atoms with Gasteiger partial charge in [0.15, 0.2) is 0 Å². The zero-order valence-corrected chi connectivity index (χ0v) is 6.77. The van der Waals surface area contributed by atoms with E-state index >= 15 is 0 Å². The first-order valence-corrected chi connectivity index (χ1v) is 3.68. The Balaban J connectivity index is 2.70. The van der Waals surface area contributed by atoms with E-state index in [1.165, 1.54) is 0 Å². The van der Waals surface area contributed by atoms with Gasteiger partial charge in [-0.05, 0) is 19.1 Å². The summed E-state index contributed by atoms with van der Waals surface area (Å²) in [5, 5.41) is 26.8. The molecule has 0 aliphatic heterocycles. The lowest BCUT2D eigenvalue weighted by atomic mass is 10.2. The van der Waals surface area contributed by atoms with Gasteiger partial charge in [0.05, 0.1) is 6.61 Å². The summed E-state index contributed by atoms with van der Waals surface area (Å²) in [6.45, 7) is 1.25. The second-order valence-corrected chi connectivity index (χ2v) is 2.64. The quantitative estimate of drug-likeness (QED) is 0.598. The summed E-state index contributed by atoms with van der Waals surface area (Å²) in [5.74, 6) is 0.934. The van der Waals surface area contributed by atoms with Crippen molar-refractivity contribution < 1.29 is 19.7 Å². The van der Waals surface area contributed by atoms with Crippen LogP contribution in [0.15, 0.2) is 16.5 Å². The van der Waals surface area contributed by atoms with Crippen LogP contribution < -0.4 is 0 Å². The number of hydrogen-bond acceptors (Lipinski definition) is 4. The monoisotopic (exact) mass is 172 g/mol. The molecule has 0 bridgehead atoms. The van der Waals surface area contributed by atoms with Gasteiger partial charge < -0.3 is 19.7 Å². The van der Waals surface area contributed by atoms with Crippen molar-refractivity contribution in [2.24, 2.45) is 0 Å². The van der Waals surface area contributed by atoms with Gasteiger partial charge in [-0.15, -0.1) is 0 Å². The maximum absolute atomic E-state index is 9.30. The predicted octanol–water partition coefficient (Wildman–Crippen LogP) is -0.0254. The van der Waals surface area contributed by atoms with Gasteiger partial charge in [0.1, 0.15) is 23.7 Å². The van der Waals surface area contributed by atoms with Crippen molar-refractivity contribution >= 4 is 0 Å². The van der Waals surface area contributed by atoms with E-state index in [-0.39, 0.29) is 5.76 Å². The van der Waals surface area contributed by atoms with Crippen molar-refractivity contribution in [2.75, 3.05) is 6.61 Å². The van der Waals surface area contributed by atoms with Crippen molar-refractivity contribution in [1.29, 1.82) is 0 Å². The molecule has 1 heterocycles. The number of hydrogen-bond donors (Lipinski definition) is 3. The van der Waals surface area contributed by atoms with Gasteiger partial charge >= 0.3 is 0 Å². The fourth-order valence-electron chi connectivity index (χ4n) is 0.902. The molecular formula is C8H12O4. The highest BCUT2D eigenvalue weighted by atomic mass is 16.4. The third-order valence-corrected chi connectivity index (χ3v) is 1.60. The minimum absolute atomic E-state index is 0.272. The molecule has 2 unspecified atom stereocenters. The Kier molecular flexibility index (Phi) is 2.86. The van der Waals surface area contributed by atoms with Crippen molar-refractivity contribution in [1.82, 2.24) is 0 Å². The molecule has 0 spiro atoms. The molecule has 0 aromatic carbocycles. The van der Waals surface area contributed by atoms with Crippen LogP contribution in [0.5, 0.6) is 0 Å². The van der Waals surface area contributed by atoms with Crippen LogP contribution in [0.25, 0.3) is 0 Å². The molecule has 0 amide bonds. The summed E-state index contributed by atoms with van der Waals surface area (Å²) < 4.78 is 5.05. The Morgan fingerprint density at radius 2 is 2.08 bits per heavy atom. The Morgan fingerprint density at radius 1 is 1.42 bits per heavy atom. The van der Waals surface area contributed by atoms with E-state index in [9.17, 15) is 5.11 Å². The molecule has 1 aromatic rings. The topological polar surface area (TPSA) is 73.8 Å². The van der Waals surface area contributed by atoms with Crippen LogP contribution in [-0.2, 0) is 0 Å². The zero-order valence-electron chi connectivity index (χ0n) is 6.77. The van der Waals surface area contributed by atoms with Gasteiger partial charge in [0.2, 0.25) is 0 Å². The van der Waals surface area contributed by atoms with Gasteiger partial charge in [-0.3, -0.25) is 0 Å². The number of aliphatic hydroxyl groups excluding tert-OH is 3. The molecule has 12 heavy (non-hydrogen) atoms. The molecule has 0 saturated heterocycles.